The number of nitrogens with one attached hydrogen (secondary N) is 1. The molecule has 1 aromatic heterocycles. The van der Waals surface area contributed by atoms with Crippen LogP contribution in [0.25, 0.3) is 16.9 Å². The maximum absolute atomic E-state index is 6.28. The van der Waals surface area contributed by atoms with Gasteiger partial charge in [-0.3, -0.25) is 0 Å². The third-order valence-electron chi connectivity index (χ3n) is 4.24. The smallest absolute Gasteiger partial charge is 0.133 e. The molecule has 0 unspecified atom stereocenters. The minimum absolute atomic E-state index is 0.529. The number of nitrogens with zero attached hydrogens (tertiary/aromatic N) is 2. The van der Waals surface area contributed by atoms with Crippen LogP contribution in [-0.2, 0) is 6.42 Å². The standard InChI is InChI=1S/C18H14Cl3N3/c1-10-2-4-12(9-15(10)20)24-18-13(6-7-22-18)17(23-24)11-3-5-14(19)16(21)8-11/h2-5,8-9,22H,6-7H2,1H3. The van der Waals surface area contributed by atoms with E-state index in [1.54, 1.807) is 6.07 Å². The Hall–Kier alpha value is -1.68. The molecular formula is C18H14Cl3N3. The van der Waals surface area contributed by atoms with Gasteiger partial charge < -0.3 is 5.32 Å². The lowest BCUT2D eigenvalue weighted by Crippen LogP contribution is -2.04. The van der Waals surface area contributed by atoms with Gasteiger partial charge >= 0.3 is 0 Å². The number of aryl methyl sites for hydroxylation is 1. The second-order valence-corrected chi connectivity index (χ2v) is 7.05. The molecule has 2 heterocycles. The minimum atomic E-state index is 0.529. The van der Waals surface area contributed by atoms with Crippen LogP contribution in [0, 0.1) is 6.92 Å². The van der Waals surface area contributed by atoms with E-state index in [0.717, 1.165) is 46.3 Å². The van der Waals surface area contributed by atoms with E-state index >= 15 is 0 Å². The van der Waals surface area contributed by atoms with Crippen LogP contribution in [0.2, 0.25) is 15.1 Å². The van der Waals surface area contributed by atoms with Crippen LogP contribution in [0.5, 0.6) is 0 Å². The van der Waals surface area contributed by atoms with Gasteiger partial charge in [0, 0.05) is 22.7 Å². The first kappa shape index (κ1) is 15.8. The molecular weight excluding hydrogens is 365 g/mol. The fraction of sp³-hybridized carbons (Fsp3) is 0.167. The van der Waals surface area contributed by atoms with Crippen molar-refractivity contribution in [2.24, 2.45) is 0 Å². The molecule has 122 valence electrons. The molecule has 2 aromatic carbocycles. The lowest BCUT2D eigenvalue weighted by molar-refractivity contribution is 0.882. The zero-order chi connectivity index (χ0) is 16.8. The first-order valence-corrected chi connectivity index (χ1v) is 8.75. The highest BCUT2D eigenvalue weighted by molar-refractivity contribution is 6.42. The van der Waals surface area contributed by atoms with Crippen LogP contribution in [0.1, 0.15) is 11.1 Å². The topological polar surface area (TPSA) is 29.9 Å². The number of rotatable bonds is 2. The molecule has 0 fully saturated rings. The van der Waals surface area contributed by atoms with E-state index in [1.165, 1.54) is 5.56 Å². The largest absolute Gasteiger partial charge is 0.369 e. The molecule has 0 amide bonds. The molecule has 0 aliphatic carbocycles. The van der Waals surface area contributed by atoms with Crippen LogP contribution in [-0.4, -0.2) is 16.3 Å². The SMILES string of the molecule is Cc1ccc(-n2nc(-c3ccc(Cl)c(Cl)c3)c3c2NCC3)cc1Cl. The van der Waals surface area contributed by atoms with E-state index in [-0.39, 0.29) is 0 Å². The highest BCUT2D eigenvalue weighted by Crippen LogP contribution is 2.37. The first-order valence-electron chi connectivity index (χ1n) is 7.62. The summed E-state index contributed by atoms with van der Waals surface area (Å²) < 4.78 is 1.91. The number of anilines is 1. The Balaban J connectivity index is 1.88. The molecule has 4 rings (SSSR count). The van der Waals surface area contributed by atoms with Crippen molar-refractivity contribution in [2.75, 3.05) is 11.9 Å². The number of halogens is 3. The van der Waals surface area contributed by atoms with Crippen molar-refractivity contribution in [3.05, 3.63) is 62.6 Å². The summed E-state index contributed by atoms with van der Waals surface area (Å²) in [7, 11) is 0. The number of fused-ring (bicyclic) bond motifs is 1. The summed E-state index contributed by atoms with van der Waals surface area (Å²) in [6, 6.07) is 11.6. The zero-order valence-corrected chi connectivity index (χ0v) is 15.2. The summed E-state index contributed by atoms with van der Waals surface area (Å²) in [4.78, 5) is 0. The Labute approximate surface area is 155 Å². The monoisotopic (exact) mass is 377 g/mol. The molecule has 1 N–H and O–H groups in total. The fourth-order valence-electron chi connectivity index (χ4n) is 2.95. The van der Waals surface area contributed by atoms with Crippen molar-refractivity contribution in [3.63, 3.8) is 0 Å². The van der Waals surface area contributed by atoms with Gasteiger partial charge in [-0.1, -0.05) is 46.9 Å². The van der Waals surface area contributed by atoms with Crippen molar-refractivity contribution >= 4 is 40.6 Å². The van der Waals surface area contributed by atoms with Crippen molar-refractivity contribution in [2.45, 2.75) is 13.3 Å². The second kappa shape index (κ2) is 5.99. The third-order valence-corrected chi connectivity index (χ3v) is 5.39. The summed E-state index contributed by atoms with van der Waals surface area (Å²) in [5.74, 6) is 1.01. The summed E-state index contributed by atoms with van der Waals surface area (Å²) in [5, 5.41) is 10.0. The summed E-state index contributed by atoms with van der Waals surface area (Å²) in [5.41, 5.74) is 5.04. The predicted octanol–water partition coefficient (Wildman–Crippen LogP) is 5.78. The number of hydrogen-bond acceptors (Lipinski definition) is 2. The number of hydrogen-bond donors (Lipinski definition) is 1. The highest BCUT2D eigenvalue weighted by atomic mass is 35.5. The summed E-state index contributed by atoms with van der Waals surface area (Å²) >= 11 is 18.5. The Morgan fingerprint density at radius 3 is 2.58 bits per heavy atom. The van der Waals surface area contributed by atoms with Gasteiger partial charge in [-0.2, -0.15) is 5.10 Å². The van der Waals surface area contributed by atoms with Crippen molar-refractivity contribution in [1.29, 1.82) is 0 Å². The summed E-state index contributed by atoms with van der Waals surface area (Å²) in [6.07, 6.45) is 0.921. The van der Waals surface area contributed by atoms with Crippen molar-refractivity contribution in [3.8, 4) is 16.9 Å². The Morgan fingerprint density at radius 2 is 1.83 bits per heavy atom. The van der Waals surface area contributed by atoms with E-state index in [2.05, 4.69) is 5.32 Å². The molecule has 24 heavy (non-hydrogen) atoms. The number of benzene rings is 2. The predicted molar refractivity (Wildman–Crippen MR) is 101 cm³/mol. The van der Waals surface area contributed by atoms with Gasteiger partial charge in [-0.05, 0) is 43.2 Å². The molecule has 0 saturated carbocycles. The van der Waals surface area contributed by atoms with Gasteiger partial charge in [-0.15, -0.1) is 0 Å². The molecule has 3 aromatic rings. The first-order chi connectivity index (χ1) is 11.5. The van der Waals surface area contributed by atoms with Crippen LogP contribution in [0.3, 0.4) is 0 Å². The van der Waals surface area contributed by atoms with Gasteiger partial charge in [0.25, 0.3) is 0 Å². The van der Waals surface area contributed by atoms with E-state index in [0.29, 0.717) is 10.0 Å². The molecule has 0 spiro atoms. The lowest BCUT2D eigenvalue weighted by Gasteiger charge is -2.08. The number of aromatic nitrogens is 2. The van der Waals surface area contributed by atoms with Crippen molar-refractivity contribution < 1.29 is 0 Å². The van der Waals surface area contributed by atoms with Crippen LogP contribution < -0.4 is 5.32 Å². The third kappa shape index (κ3) is 2.57. The molecule has 3 nitrogen and oxygen atoms in total. The Kier molecular flexibility index (Phi) is 3.95. The minimum Gasteiger partial charge on any atom is -0.369 e. The second-order valence-electron chi connectivity index (χ2n) is 5.83. The van der Waals surface area contributed by atoms with E-state index < -0.39 is 0 Å². The van der Waals surface area contributed by atoms with Crippen LogP contribution >= 0.6 is 34.8 Å². The van der Waals surface area contributed by atoms with Crippen LogP contribution in [0.15, 0.2) is 36.4 Å². The van der Waals surface area contributed by atoms with E-state index in [1.807, 2.05) is 41.9 Å². The lowest BCUT2D eigenvalue weighted by atomic mass is 10.1. The Morgan fingerprint density at radius 1 is 1.00 bits per heavy atom. The molecule has 1 aliphatic heterocycles. The molecule has 6 heteroatoms. The summed E-state index contributed by atoms with van der Waals surface area (Å²) in [6.45, 7) is 2.88. The van der Waals surface area contributed by atoms with Gasteiger partial charge in [0.1, 0.15) is 5.82 Å². The van der Waals surface area contributed by atoms with Gasteiger partial charge in [0.15, 0.2) is 0 Å². The van der Waals surface area contributed by atoms with E-state index in [4.69, 9.17) is 39.9 Å². The van der Waals surface area contributed by atoms with Crippen molar-refractivity contribution in [1.82, 2.24) is 9.78 Å². The van der Waals surface area contributed by atoms with Gasteiger partial charge in [-0.25, -0.2) is 4.68 Å². The quantitative estimate of drug-likeness (QED) is 0.613. The molecule has 1 aliphatic rings. The van der Waals surface area contributed by atoms with E-state index in [9.17, 15) is 0 Å². The maximum atomic E-state index is 6.28. The normalized spacial score (nSPS) is 13.0. The molecule has 0 radical (unpaired) electrons. The Bertz CT molecular complexity index is 873. The zero-order valence-electron chi connectivity index (χ0n) is 12.9. The molecule has 0 bridgehead atoms. The average molecular weight is 379 g/mol. The van der Waals surface area contributed by atoms with Gasteiger partial charge in [0.2, 0.25) is 0 Å². The maximum Gasteiger partial charge on any atom is 0.133 e. The highest BCUT2D eigenvalue weighted by Gasteiger charge is 2.24. The average Bonchev–Trinajstić information content (AvgIpc) is 3.15. The fourth-order valence-corrected chi connectivity index (χ4v) is 3.42. The van der Waals surface area contributed by atoms with Crippen LogP contribution in [0.4, 0.5) is 5.82 Å². The molecule has 0 saturated heterocycles. The van der Waals surface area contributed by atoms with Gasteiger partial charge in [0.05, 0.1) is 21.4 Å². The molecule has 0 atom stereocenters.